The lowest BCUT2D eigenvalue weighted by Crippen LogP contribution is -2.24. The number of hydrogen-bond acceptors (Lipinski definition) is 1. The minimum Gasteiger partial charge on any atom is -0.304 e. The summed E-state index contributed by atoms with van der Waals surface area (Å²) in [4.78, 5) is 2.52. The molecule has 0 amide bonds. The average Bonchev–Trinajstić information content (AvgIpc) is 2.12. The third-order valence-corrected chi connectivity index (χ3v) is 4.90. The van der Waals surface area contributed by atoms with Gasteiger partial charge in [-0.25, -0.2) is 0 Å². The molecule has 0 unspecified atom stereocenters. The molecule has 0 aliphatic heterocycles. The van der Waals surface area contributed by atoms with Crippen LogP contribution in [0.4, 0.5) is 0 Å². The van der Waals surface area contributed by atoms with Gasteiger partial charge in [0, 0.05) is 0 Å². The molecular formula is C11H25NSi. The summed E-state index contributed by atoms with van der Waals surface area (Å²) >= 11 is 0. The van der Waals surface area contributed by atoms with Gasteiger partial charge in [-0.05, 0) is 46.4 Å². The first kappa shape index (κ1) is 12.9. The van der Waals surface area contributed by atoms with Crippen LogP contribution < -0.4 is 0 Å². The molecule has 0 saturated heterocycles. The van der Waals surface area contributed by atoms with Crippen LogP contribution in [0.15, 0.2) is 10.8 Å². The van der Waals surface area contributed by atoms with Crippen LogP contribution in [0.2, 0.25) is 6.04 Å². The molecule has 0 aromatic carbocycles. The molecule has 0 radical (unpaired) electrons. The van der Waals surface area contributed by atoms with Crippen LogP contribution in [0, 0.1) is 0 Å². The Kier molecular flexibility index (Phi) is 7.29. The summed E-state index contributed by atoms with van der Waals surface area (Å²) in [5.41, 5.74) is 1.55. The van der Waals surface area contributed by atoms with E-state index in [0.29, 0.717) is 0 Å². The number of allylic oxidation sites excluding steroid dienone is 2. The van der Waals surface area contributed by atoms with E-state index >= 15 is 0 Å². The van der Waals surface area contributed by atoms with E-state index in [1.54, 1.807) is 10.8 Å². The maximum Gasteiger partial charge on any atom is 0.0503 e. The highest BCUT2D eigenvalue weighted by atomic mass is 28.2. The lowest BCUT2D eigenvalue weighted by molar-refractivity contribution is 0.321. The predicted molar refractivity (Wildman–Crippen MR) is 65.2 cm³/mol. The first-order valence-corrected chi connectivity index (χ1v) is 7.17. The van der Waals surface area contributed by atoms with Crippen molar-refractivity contribution in [3.63, 3.8) is 0 Å². The van der Waals surface area contributed by atoms with Crippen molar-refractivity contribution in [2.75, 3.05) is 19.6 Å². The molecule has 0 aromatic rings. The van der Waals surface area contributed by atoms with E-state index in [4.69, 9.17) is 0 Å². The first-order chi connectivity index (χ1) is 6.11. The van der Waals surface area contributed by atoms with Crippen molar-refractivity contribution in [1.82, 2.24) is 4.90 Å². The van der Waals surface area contributed by atoms with Crippen molar-refractivity contribution < 1.29 is 0 Å². The molecule has 0 saturated carbocycles. The summed E-state index contributed by atoms with van der Waals surface area (Å²) in [5.74, 6) is 0. The molecule has 0 N–H and O–H groups in total. The Labute approximate surface area is 86.0 Å². The zero-order chi connectivity index (χ0) is 10.3. The van der Waals surface area contributed by atoms with Crippen LogP contribution in [0.25, 0.3) is 0 Å². The Hall–Kier alpha value is -0.0831. The van der Waals surface area contributed by atoms with Gasteiger partial charge in [-0.3, -0.25) is 0 Å². The Morgan fingerprint density at radius 1 is 1.08 bits per heavy atom. The second kappa shape index (κ2) is 7.33. The fourth-order valence-electron chi connectivity index (χ4n) is 1.36. The predicted octanol–water partition coefficient (Wildman–Crippen LogP) is 2.23. The molecule has 0 aromatic heterocycles. The third-order valence-electron chi connectivity index (χ3n) is 2.77. The van der Waals surface area contributed by atoms with Gasteiger partial charge in [0.1, 0.15) is 0 Å². The first-order valence-electron chi connectivity index (χ1n) is 5.47. The summed E-state index contributed by atoms with van der Waals surface area (Å²) in [6.07, 6.45) is 0. The molecule has 0 bridgehead atoms. The van der Waals surface area contributed by atoms with Crippen LogP contribution >= 0.6 is 0 Å². The lowest BCUT2D eigenvalue weighted by Gasteiger charge is -2.17. The Morgan fingerprint density at radius 2 is 1.62 bits per heavy atom. The maximum atomic E-state index is 2.52. The molecule has 13 heavy (non-hydrogen) atoms. The quantitative estimate of drug-likeness (QED) is 0.593. The Bertz CT molecular complexity index is 155. The van der Waals surface area contributed by atoms with Gasteiger partial charge in [0.2, 0.25) is 0 Å². The highest BCUT2D eigenvalue weighted by Gasteiger charge is 1.99. The van der Waals surface area contributed by atoms with Crippen LogP contribution in [-0.4, -0.2) is 34.1 Å². The van der Waals surface area contributed by atoms with Gasteiger partial charge >= 0.3 is 0 Å². The second-order valence-corrected chi connectivity index (χ2v) is 6.18. The highest BCUT2D eigenvalue weighted by molar-refractivity contribution is 6.45. The molecule has 0 fully saturated rings. The molecule has 0 atom stereocenters. The summed E-state index contributed by atoms with van der Waals surface area (Å²) in [6.45, 7) is 15.0. The van der Waals surface area contributed by atoms with Crippen LogP contribution in [0.3, 0.4) is 0 Å². The molecule has 0 aliphatic rings. The Balaban J connectivity index is 3.61. The van der Waals surface area contributed by atoms with Crippen molar-refractivity contribution in [3.05, 3.63) is 10.8 Å². The molecular weight excluding hydrogens is 174 g/mol. The minimum atomic E-state index is 0.0647. The van der Waals surface area contributed by atoms with Gasteiger partial charge in [0.15, 0.2) is 0 Å². The molecule has 78 valence electrons. The molecule has 2 heteroatoms. The zero-order valence-corrected chi connectivity index (χ0v) is 11.4. The van der Waals surface area contributed by atoms with E-state index in [9.17, 15) is 0 Å². The topological polar surface area (TPSA) is 3.24 Å². The van der Waals surface area contributed by atoms with Crippen molar-refractivity contribution >= 4 is 9.52 Å². The number of nitrogens with zero attached hydrogens (tertiary/aromatic N) is 1. The fourth-order valence-corrected chi connectivity index (χ4v) is 2.99. The summed E-state index contributed by atoms with van der Waals surface area (Å²) in [7, 11) is 0.0647. The Morgan fingerprint density at radius 3 is 2.00 bits per heavy atom. The van der Waals surface area contributed by atoms with E-state index in [1.165, 1.54) is 25.7 Å². The van der Waals surface area contributed by atoms with Crippen LogP contribution in [0.1, 0.15) is 34.6 Å². The largest absolute Gasteiger partial charge is 0.304 e. The van der Waals surface area contributed by atoms with Crippen molar-refractivity contribution in [2.24, 2.45) is 0 Å². The fraction of sp³-hybridized carbons (Fsp3) is 0.818. The van der Waals surface area contributed by atoms with Crippen molar-refractivity contribution in [1.29, 1.82) is 0 Å². The molecule has 0 heterocycles. The van der Waals surface area contributed by atoms with Gasteiger partial charge in [-0.15, -0.1) is 0 Å². The van der Waals surface area contributed by atoms with Crippen molar-refractivity contribution in [3.8, 4) is 0 Å². The van der Waals surface area contributed by atoms with E-state index in [0.717, 1.165) is 0 Å². The van der Waals surface area contributed by atoms with Crippen LogP contribution in [-0.2, 0) is 0 Å². The van der Waals surface area contributed by atoms with E-state index < -0.39 is 0 Å². The lowest BCUT2D eigenvalue weighted by atomic mass is 10.3. The highest BCUT2D eigenvalue weighted by Crippen LogP contribution is 2.02. The standard InChI is InChI=1S/C11H25NSi/c1-6-12(7-2)8-9-13-11(5)10(3)4/h6-9,13H2,1-5H3. The van der Waals surface area contributed by atoms with E-state index in [1.807, 2.05) is 0 Å². The van der Waals surface area contributed by atoms with Gasteiger partial charge in [0.25, 0.3) is 0 Å². The molecule has 1 nitrogen and oxygen atoms in total. The monoisotopic (exact) mass is 199 g/mol. The smallest absolute Gasteiger partial charge is 0.0503 e. The number of hydrogen-bond donors (Lipinski definition) is 0. The molecule has 0 spiro atoms. The maximum absolute atomic E-state index is 2.52. The minimum absolute atomic E-state index is 0.0647. The van der Waals surface area contributed by atoms with Crippen molar-refractivity contribution in [2.45, 2.75) is 40.7 Å². The van der Waals surface area contributed by atoms with Gasteiger partial charge in [0.05, 0.1) is 9.52 Å². The van der Waals surface area contributed by atoms with Gasteiger partial charge < -0.3 is 4.90 Å². The summed E-state index contributed by atoms with van der Waals surface area (Å²) in [6, 6.07) is 1.44. The third kappa shape index (κ3) is 6.05. The summed E-state index contributed by atoms with van der Waals surface area (Å²) in [5, 5.41) is 1.70. The normalized spacial score (nSPS) is 11.5. The zero-order valence-electron chi connectivity index (χ0n) is 9.98. The second-order valence-electron chi connectivity index (χ2n) is 3.91. The summed E-state index contributed by atoms with van der Waals surface area (Å²) < 4.78 is 0. The average molecular weight is 199 g/mol. The molecule has 0 rings (SSSR count). The number of rotatable bonds is 6. The van der Waals surface area contributed by atoms with Crippen LogP contribution in [0.5, 0.6) is 0 Å². The van der Waals surface area contributed by atoms with E-state index in [-0.39, 0.29) is 9.52 Å². The van der Waals surface area contributed by atoms with Gasteiger partial charge in [-0.1, -0.05) is 24.6 Å². The van der Waals surface area contributed by atoms with E-state index in [2.05, 4.69) is 39.5 Å². The SMILES string of the molecule is CCN(CC)CC[SiH2]C(C)=C(C)C. The molecule has 0 aliphatic carbocycles. The van der Waals surface area contributed by atoms with Gasteiger partial charge in [-0.2, -0.15) is 0 Å².